The predicted octanol–water partition coefficient (Wildman–Crippen LogP) is 7.68. The highest BCUT2D eigenvalue weighted by Crippen LogP contribution is 2.34. The molecule has 0 fully saturated rings. The highest BCUT2D eigenvalue weighted by atomic mass is 32.2. The zero-order valence-electron chi connectivity index (χ0n) is 23.4. The first-order valence-corrected chi connectivity index (χ1v) is 14.8. The van der Waals surface area contributed by atoms with Crippen LogP contribution in [0.5, 0.6) is 5.19 Å². The summed E-state index contributed by atoms with van der Waals surface area (Å²) >= 11 is 1.61. The minimum atomic E-state index is -4.61. The van der Waals surface area contributed by atoms with E-state index in [1.54, 1.807) is 13.8 Å². The van der Waals surface area contributed by atoms with Gasteiger partial charge in [-0.3, -0.25) is 9.59 Å². The van der Waals surface area contributed by atoms with Gasteiger partial charge < -0.3 is 14.5 Å². The molecule has 0 saturated carbocycles. The van der Waals surface area contributed by atoms with Gasteiger partial charge in [0.2, 0.25) is 5.01 Å². The first kappa shape index (κ1) is 34.0. The van der Waals surface area contributed by atoms with Gasteiger partial charge in [-0.25, -0.2) is 4.39 Å². The number of thioether (sulfide) groups is 1. The van der Waals surface area contributed by atoms with Gasteiger partial charge in [-0.1, -0.05) is 72.4 Å². The second-order valence-electron chi connectivity index (χ2n) is 9.02. The number of alkyl halides is 3. The molecule has 0 bridgehead atoms. The van der Waals surface area contributed by atoms with Crippen molar-refractivity contribution >= 4 is 39.9 Å². The SMILES string of the molecule is CC(C)N(C(=O)COc1nnc(C(F)(F)F)s1)c1ccc(F)cc1.CCCN(CCC)C(=O)SCc1ccccc1. The molecule has 1 aromatic heterocycles. The molecule has 0 radical (unpaired) electrons. The standard InChI is InChI=1S/C14H13F4N3O2S.C14H21NOS/c1-8(2)21(10-5-3-9(15)4-6-10)11(22)7-23-13-20-19-12(24-13)14(16,17)18;1-3-10-15(11-4-2)14(16)17-12-13-8-6-5-7-9-13/h3-6,8H,7H2,1-2H3;5-9H,3-4,10-12H2,1-2H3. The summed E-state index contributed by atoms with van der Waals surface area (Å²) in [7, 11) is 0. The van der Waals surface area contributed by atoms with E-state index in [4.69, 9.17) is 4.74 Å². The van der Waals surface area contributed by atoms with Crippen molar-refractivity contribution in [2.24, 2.45) is 0 Å². The zero-order chi connectivity index (χ0) is 30.4. The van der Waals surface area contributed by atoms with E-state index in [0.29, 0.717) is 5.69 Å². The van der Waals surface area contributed by atoms with Gasteiger partial charge in [-0.05, 0) is 56.5 Å². The number of carbonyl (C=O) groups excluding carboxylic acids is 2. The number of hydrogen-bond donors (Lipinski definition) is 0. The Morgan fingerprint density at radius 3 is 2.10 bits per heavy atom. The zero-order valence-corrected chi connectivity index (χ0v) is 25.0. The summed E-state index contributed by atoms with van der Waals surface area (Å²) in [5, 5.41) is 4.92. The Morgan fingerprint density at radius 1 is 0.976 bits per heavy atom. The van der Waals surface area contributed by atoms with E-state index in [2.05, 4.69) is 36.2 Å². The van der Waals surface area contributed by atoms with Gasteiger partial charge in [-0.2, -0.15) is 13.2 Å². The Hall–Kier alpha value is -3.19. The smallest absolute Gasteiger partial charge is 0.445 e. The Labute approximate surface area is 245 Å². The summed E-state index contributed by atoms with van der Waals surface area (Å²) in [6.45, 7) is 8.93. The van der Waals surface area contributed by atoms with E-state index in [0.717, 1.165) is 31.7 Å². The molecule has 0 unspecified atom stereocenters. The van der Waals surface area contributed by atoms with Crippen LogP contribution in [0.2, 0.25) is 0 Å². The Kier molecular flexibility index (Phi) is 14.0. The summed E-state index contributed by atoms with van der Waals surface area (Å²) in [5.74, 6) is -0.177. The lowest BCUT2D eigenvalue weighted by Gasteiger charge is -2.26. The quantitative estimate of drug-likeness (QED) is 0.206. The number of hydrogen-bond acceptors (Lipinski definition) is 7. The Bertz CT molecular complexity index is 1200. The van der Waals surface area contributed by atoms with Crippen molar-refractivity contribution in [3.8, 4) is 5.19 Å². The van der Waals surface area contributed by atoms with Crippen LogP contribution >= 0.6 is 23.1 Å². The van der Waals surface area contributed by atoms with Gasteiger partial charge in [0.05, 0.1) is 0 Å². The van der Waals surface area contributed by atoms with Gasteiger partial charge in [0.1, 0.15) is 5.82 Å². The van der Waals surface area contributed by atoms with Crippen LogP contribution in [-0.4, -0.2) is 52.0 Å². The number of halogens is 4. The molecule has 13 heteroatoms. The van der Waals surface area contributed by atoms with E-state index < -0.39 is 29.5 Å². The molecule has 3 aromatic rings. The maximum atomic E-state index is 13.0. The lowest BCUT2D eigenvalue weighted by atomic mass is 10.2. The molecule has 0 atom stereocenters. The predicted molar refractivity (Wildman–Crippen MR) is 155 cm³/mol. The summed E-state index contributed by atoms with van der Waals surface area (Å²) in [6, 6.07) is 15.2. The van der Waals surface area contributed by atoms with Crippen molar-refractivity contribution in [1.82, 2.24) is 15.1 Å². The Balaban J connectivity index is 0.000000305. The van der Waals surface area contributed by atoms with Crippen LogP contribution < -0.4 is 9.64 Å². The number of nitrogens with zero attached hydrogens (tertiary/aromatic N) is 4. The van der Waals surface area contributed by atoms with Crippen molar-refractivity contribution in [1.29, 1.82) is 0 Å². The third-order valence-corrected chi connectivity index (χ3v) is 7.17. The van der Waals surface area contributed by atoms with Gasteiger partial charge in [0, 0.05) is 30.6 Å². The number of benzene rings is 2. The second-order valence-corrected chi connectivity index (χ2v) is 10.9. The number of aromatic nitrogens is 2. The van der Waals surface area contributed by atoms with Crippen LogP contribution in [-0.2, 0) is 16.7 Å². The van der Waals surface area contributed by atoms with E-state index >= 15 is 0 Å². The minimum absolute atomic E-state index is 0.206. The molecule has 224 valence electrons. The molecule has 1 heterocycles. The largest absolute Gasteiger partial charge is 0.459 e. The highest BCUT2D eigenvalue weighted by Gasteiger charge is 2.36. The van der Waals surface area contributed by atoms with Gasteiger partial charge in [-0.15, -0.1) is 5.10 Å². The molecule has 0 saturated heterocycles. The summed E-state index contributed by atoms with van der Waals surface area (Å²) in [5.41, 5.74) is 1.66. The van der Waals surface area contributed by atoms with Crippen molar-refractivity contribution < 1.29 is 31.9 Å². The fraction of sp³-hybridized carbons (Fsp3) is 0.429. The average molecular weight is 615 g/mol. The molecular formula is C28H34F4N4O3S2. The molecule has 2 amide bonds. The van der Waals surface area contributed by atoms with Crippen LogP contribution in [0, 0.1) is 5.82 Å². The maximum absolute atomic E-state index is 13.0. The van der Waals surface area contributed by atoms with Crippen LogP contribution in [0.1, 0.15) is 51.1 Å². The van der Waals surface area contributed by atoms with E-state index in [9.17, 15) is 27.2 Å². The molecule has 2 aromatic carbocycles. The highest BCUT2D eigenvalue weighted by molar-refractivity contribution is 8.12. The fourth-order valence-corrected chi connectivity index (χ4v) is 4.96. The van der Waals surface area contributed by atoms with E-state index in [-0.39, 0.29) is 27.8 Å². The molecular weight excluding hydrogens is 580 g/mol. The second kappa shape index (κ2) is 16.9. The fourth-order valence-electron chi connectivity index (χ4n) is 3.55. The third-order valence-electron chi connectivity index (χ3n) is 5.31. The number of amides is 2. The molecule has 7 nitrogen and oxygen atoms in total. The normalized spacial score (nSPS) is 11.0. The third kappa shape index (κ3) is 11.7. The number of carbonyl (C=O) groups is 2. The molecule has 0 aliphatic heterocycles. The van der Waals surface area contributed by atoms with Crippen LogP contribution in [0.4, 0.5) is 28.0 Å². The first-order valence-electron chi connectivity index (χ1n) is 13.0. The minimum Gasteiger partial charge on any atom is -0.459 e. The summed E-state index contributed by atoms with van der Waals surface area (Å²) in [4.78, 5) is 27.6. The number of ether oxygens (including phenoxy) is 1. The Morgan fingerprint density at radius 2 is 1.59 bits per heavy atom. The molecule has 3 rings (SSSR count). The van der Waals surface area contributed by atoms with Crippen molar-refractivity contribution in [3.63, 3.8) is 0 Å². The topological polar surface area (TPSA) is 75.6 Å². The summed E-state index contributed by atoms with van der Waals surface area (Å²) in [6.07, 6.45) is -2.56. The maximum Gasteiger partial charge on any atom is 0.445 e. The van der Waals surface area contributed by atoms with Gasteiger partial charge in [0.15, 0.2) is 6.61 Å². The van der Waals surface area contributed by atoms with Crippen LogP contribution in [0.15, 0.2) is 54.6 Å². The first-order chi connectivity index (χ1) is 19.5. The monoisotopic (exact) mass is 614 g/mol. The van der Waals surface area contributed by atoms with Gasteiger partial charge in [0.25, 0.3) is 16.3 Å². The lowest BCUT2D eigenvalue weighted by Crippen LogP contribution is -2.40. The van der Waals surface area contributed by atoms with Gasteiger partial charge >= 0.3 is 6.18 Å². The molecule has 0 spiro atoms. The van der Waals surface area contributed by atoms with Crippen molar-refractivity contribution in [3.05, 3.63) is 71.0 Å². The average Bonchev–Trinajstić information content (AvgIpc) is 3.42. The molecule has 0 aliphatic carbocycles. The van der Waals surface area contributed by atoms with Crippen molar-refractivity contribution in [2.45, 2.75) is 58.5 Å². The molecule has 0 aliphatic rings. The van der Waals surface area contributed by atoms with Crippen LogP contribution in [0.25, 0.3) is 0 Å². The van der Waals surface area contributed by atoms with E-state index in [1.165, 1.54) is 46.5 Å². The summed E-state index contributed by atoms with van der Waals surface area (Å²) < 4.78 is 55.3. The van der Waals surface area contributed by atoms with Crippen LogP contribution in [0.3, 0.4) is 0 Å². The molecule has 0 N–H and O–H groups in total. The van der Waals surface area contributed by atoms with Crippen molar-refractivity contribution in [2.75, 3.05) is 24.6 Å². The number of rotatable bonds is 11. The number of anilines is 1. The molecule has 41 heavy (non-hydrogen) atoms. The van der Waals surface area contributed by atoms with E-state index in [1.807, 2.05) is 23.1 Å². The lowest BCUT2D eigenvalue weighted by molar-refractivity contribution is -0.138.